The molecule has 5 nitrogen and oxygen atoms in total. The van der Waals surface area contributed by atoms with Crippen LogP contribution in [0.2, 0.25) is 0 Å². The minimum absolute atomic E-state index is 0.163. The van der Waals surface area contributed by atoms with Crippen LogP contribution >= 0.6 is 0 Å². The Labute approximate surface area is 162 Å². The third kappa shape index (κ3) is 3.42. The van der Waals surface area contributed by atoms with Crippen LogP contribution in [0, 0.1) is 6.92 Å². The lowest BCUT2D eigenvalue weighted by atomic mass is 10.00. The standard InChI is InChI=1S/C23H18N2O3/c1-16-9-8-14-20-24-19(15-25(16)20)23(27)28-22(18-12-6-3-7-13-18)21(26)17-10-4-2-5-11-17/h2-15,22H,1H3. The minimum Gasteiger partial charge on any atom is -0.444 e. The maximum Gasteiger partial charge on any atom is 0.359 e. The van der Waals surface area contributed by atoms with Gasteiger partial charge in [0.05, 0.1) is 0 Å². The molecule has 1 unspecified atom stereocenters. The summed E-state index contributed by atoms with van der Waals surface area (Å²) in [4.78, 5) is 30.2. The van der Waals surface area contributed by atoms with Crippen LogP contribution in [0.3, 0.4) is 0 Å². The van der Waals surface area contributed by atoms with Crippen molar-refractivity contribution in [2.24, 2.45) is 0 Å². The van der Waals surface area contributed by atoms with E-state index >= 15 is 0 Å². The van der Waals surface area contributed by atoms with E-state index in [9.17, 15) is 9.59 Å². The van der Waals surface area contributed by atoms with E-state index in [-0.39, 0.29) is 11.5 Å². The molecule has 1 atom stereocenters. The number of imidazole rings is 1. The number of rotatable bonds is 5. The normalized spacial score (nSPS) is 11.9. The molecule has 0 N–H and O–H groups in total. The number of hydrogen-bond acceptors (Lipinski definition) is 4. The van der Waals surface area contributed by atoms with Crippen molar-refractivity contribution < 1.29 is 14.3 Å². The van der Waals surface area contributed by atoms with E-state index < -0.39 is 12.1 Å². The van der Waals surface area contributed by atoms with E-state index in [1.54, 1.807) is 42.6 Å². The number of aryl methyl sites for hydroxylation is 1. The van der Waals surface area contributed by atoms with Crippen LogP contribution in [0.4, 0.5) is 0 Å². The zero-order valence-electron chi connectivity index (χ0n) is 15.3. The summed E-state index contributed by atoms with van der Waals surface area (Å²) in [6, 6.07) is 23.4. The summed E-state index contributed by atoms with van der Waals surface area (Å²) in [6.07, 6.45) is 0.587. The summed E-state index contributed by atoms with van der Waals surface area (Å²) < 4.78 is 7.46. The van der Waals surface area contributed by atoms with Crippen LogP contribution in [0.1, 0.15) is 38.2 Å². The number of hydrogen-bond donors (Lipinski definition) is 0. The summed E-state index contributed by atoms with van der Waals surface area (Å²) in [5.74, 6) is -0.915. The van der Waals surface area contributed by atoms with Crippen LogP contribution in [-0.2, 0) is 4.74 Å². The Balaban J connectivity index is 1.67. The summed E-state index contributed by atoms with van der Waals surface area (Å²) in [5.41, 5.74) is 2.86. The van der Waals surface area contributed by atoms with Gasteiger partial charge in [-0.2, -0.15) is 0 Å². The SMILES string of the molecule is Cc1cccc2nc(C(=O)OC(C(=O)c3ccccc3)c3ccccc3)cn12. The van der Waals surface area contributed by atoms with Gasteiger partial charge in [0.1, 0.15) is 5.65 Å². The fraction of sp³-hybridized carbons (Fsp3) is 0.0870. The molecule has 0 aliphatic heterocycles. The number of pyridine rings is 1. The fourth-order valence-corrected chi connectivity index (χ4v) is 3.07. The minimum atomic E-state index is -1.04. The van der Waals surface area contributed by atoms with E-state index in [0.29, 0.717) is 16.8 Å². The molecule has 0 bridgehead atoms. The molecule has 138 valence electrons. The molecule has 4 aromatic rings. The molecule has 0 fully saturated rings. The van der Waals surface area contributed by atoms with E-state index in [1.165, 1.54) is 0 Å². The molecule has 0 saturated carbocycles. The molecule has 0 spiro atoms. The van der Waals surface area contributed by atoms with Crippen molar-refractivity contribution in [2.75, 3.05) is 0 Å². The van der Waals surface area contributed by atoms with Crippen LogP contribution in [0.15, 0.2) is 85.1 Å². The molecule has 2 aromatic heterocycles. The number of fused-ring (bicyclic) bond motifs is 1. The van der Waals surface area contributed by atoms with Crippen LogP contribution in [-0.4, -0.2) is 21.1 Å². The zero-order chi connectivity index (χ0) is 19.5. The van der Waals surface area contributed by atoms with Crippen molar-refractivity contribution in [1.29, 1.82) is 0 Å². The number of ether oxygens (including phenoxy) is 1. The Morgan fingerprint density at radius 2 is 1.57 bits per heavy atom. The van der Waals surface area contributed by atoms with E-state index in [0.717, 1.165) is 5.69 Å². The highest BCUT2D eigenvalue weighted by molar-refractivity contribution is 6.02. The first-order chi connectivity index (χ1) is 13.6. The van der Waals surface area contributed by atoms with Gasteiger partial charge in [0.2, 0.25) is 5.78 Å². The first-order valence-corrected chi connectivity index (χ1v) is 8.93. The largest absolute Gasteiger partial charge is 0.444 e. The van der Waals surface area contributed by atoms with Crippen LogP contribution in [0.5, 0.6) is 0 Å². The maximum absolute atomic E-state index is 13.0. The average Bonchev–Trinajstić information content (AvgIpc) is 3.19. The lowest BCUT2D eigenvalue weighted by Gasteiger charge is -2.16. The number of aromatic nitrogens is 2. The van der Waals surface area contributed by atoms with Crippen molar-refractivity contribution in [3.05, 3.63) is 108 Å². The first kappa shape index (κ1) is 17.7. The Bertz CT molecular complexity index is 1130. The van der Waals surface area contributed by atoms with Gasteiger partial charge in [-0.1, -0.05) is 66.7 Å². The van der Waals surface area contributed by atoms with Gasteiger partial charge < -0.3 is 9.14 Å². The quantitative estimate of drug-likeness (QED) is 0.385. The van der Waals surface area contributed by atoms with Crippen molar-refractivity contribution >= 4 is 17.4 Å². The highest BCUT2D eigenvalue weighted by atomic mass is 16.5. The van der Waals surface area contributed by atoms with Gasteiger partial charge in [0.15, 0.2) is 11.8 Å². The highest BCUT2D eigenvalue weighted by Gasteiger charge is 2.27. The summed E-state index contributed by atoms with van der Waals surface area (Å²) in [5, 5.41) is 0. The van der Waals surface area contributed by atoms with Gasteiger partial charge in [0.25, 0.3) is 0 Å². The number of carbonyl (C=O) groups excluding carboxylic acids is 2. The third-order valence-electron chi connectivity index (χ3n) is 4.53. The number of benzene rings is 2. The molecule has 0 amide bonds. The number of ketones is 1. The lowest BCUT2D eigenvalue weighted by Crippen LogP contribution is -2.20. The second kappa shape index (κ2) is 7.48. The summed E-state index contributed by atoms with van der Waals surface area (Å²) in [7, 11) is 0. The average molecular weight is 370 g/mol. The van der Waals surface area contributed by atoms with E-state index in [1.807, 2.05) is 53.8 Å². The van der Waals surface area contributed by atoms with Gasteiger partial charge in [0, 0.05) is 23.0 Å². The summed E-state index contributed by atoms with van der Waals surface area (Å²) in [6.45, 7) is 1.93. The number of carbonyl (C=O) groups is 2. The Morgan fingerprint density at radius 3 is 2.25 bits per heavy atom. The Morgan fingerprint density at radius 1 is 0.893 bits per heavy atom. The van der Waals surface area contributed by atoms with Gasteiger partial charge in [-0.05, 0) is 19.1 Å². The van der Waals surface area contributed by atoms with Gasteiger partial charge in [-0.25, -0.2) is 9.78 Å². The van der Waals surface area contributed by atoms with Crippen LogP contribution < -0.4 is 0 Å². The Hall–Kier alpha value is -3.73. The van der Waals surface area contributed by atoms with E-state index in [2.05, 4.69) is 4.98 Å². The maximum atomic E-state index is 13.0. The lowest BCUT2D eigenvalue weighted by molar-refractivity contribution is 0.0275. The smallest absolute Gasteiger partial charge is 0.359 e. The predicted octanol–water partition coefficient (Wildman–Crippen LogP) is 4.42. The molecule has 0 saturated heterocycles. The van der Waals surface area contributed by atoms with Crippen molar-refractivity contribution in [1.82, 2.24) is 9.38 Å². The fourth-order valence-electron chi connectivity index (χ4n) is 3.07. The molecular weight excluding hydrogens is 352 g/mol. The number of nitrogens with zero attached hydrogens (tertiary/aromatic N) is 2. The predicted molar refractivity (Wildman–Crippen MR) is 105 cm³/mol. The molecule has 28 heavy (non-hydrogen) atoms. The molecular formula is C23H18N2O3. The zero-order valence-corrected chi connectivity index (χ0v) is 15.3. The second-order valence-corrected chi connectivity index (χ2v) is 6.45. The van der Waals surface area contributed by atoms with Crippen molar-refractivity contribution in [3.8, 4) is 0 Å². The number of esters is 1. The van der Waals surface area contributed by atoms with Gasteiger partial charge in [-0.15, -0.1) is 0 Å². The molecule has 0 aliphatic rings. The molecule has 2 aromatic carbocycles. The third-order valence-corrected chi connectivity index (χ3v) is 4.53. The van der Waals surface area contributed by atoms with Crippen molar-refractivity contribution in [2.45, 2.75) is 13.0 Å². The first-order valence-electron chi connectivity index (χ1n) is 8.93. The highest BCUT2D eigenvalue weighted by Crippen LogP contribution is 2.24. The summed E-state index contributed by atoms with van der Waals surface area (Å²) >= 11 is 0. The van der Waals surface area contributed by atoms with Gasteiger partial charge in [-0.3, -0.25) is 4.79 Å². The second-order valence-electron chi connectivity index (χ2n) is 6.45. The molecule has 0 aliphatic carbocycles. The number of Topliss-reactive ketones (excluding diaryl/α,β-unsaturated/α-hetero) is 1. The monoisotopic (exact) mass is 370 g/mol. The van der Waals surface area contributed by atoms with Crippen molar-refractivity contribution in [3.63, 3.8) is 0 Å². The van der Waals surface area contributed by atoms with Gasteiger partial charge >= 0.3 is 5.97 Å². The molecule has 5 heteroatoms. The Kier molecular flexibility index (Phi) is 4.72. The van der Waals surface area contributed by atoms with E-state index in [4.69, 9.17) is 4.74 Å². The van der Waals surface area contributed by atoms with Crippen LogP contribution in [0.25, 0.3) is 5.65 Å². The molecule has 2 heterocycles. The topological polar surface area (TPSA) is 60.7 Å². The molecule has 0 radical (unpaired) electrons. The molecule has 4 rings (SSSR count).